The van der Waals surface area contributed by atoms with Crippen molar-refractivity contribution in [3.05, 3.63) is 65.5 Å². The van der Waals surface area contributed by atoms with E-state index in [0.717, 1.165) is 22.5 Å². The summed E-state index contributed by atoms with van der Waals surface area (Å²) in [6.45, 7) is 3.93. The molecule has 0 N–H and O–H groups in total. The van der Waals surface area contributed by atoms with Crippen molar-refractivity contribution in [2.24, 2.45) is 0 Å². The number of hydrogen-bond donors (Lipinski definition) is 0. The van der Waals surface area contributed by atoms with Crippen LogP contribution in [-0.4, -0.2) is 25.5 Å². The van der Waals surface area contributed by atoms with Crippen LogP contribution in [0.15, 0.2) is 59.6 Å². The van der Waals surface area contributed by atoms with Crippen LogP contribution in [0.4, 0.5) is 4.39 Å². The molecule has 0 aromatic carbocycles. The average molecular weight is 427 g/mol. The molecule has 0 fully saturated rings. The quantitative estimate of drug-likeness (QED) is 0.423. The molecule has 0 aliphatic carbocycles. The molecule has 0 radical (unpaired) electrons. The number of rotatable bonds is 4. The predicted octanol–water partition coefficient (Wildman–Crippen LogP) is 5.15. The minimum atomic E-state index is -0.547. The SMILES string of the molecule is CC(C)Oc1ccc(-c2ccn3c(-c4ccnc(F)c4Br)cnc3c2)cn1. The summed E-state index contributed by atoms with van der Waals surface area (Å²) < 4.78 is 21.6. The van der Waals surface area contributed by atoms with Crippen LogP contribution in [0.25, 0.3) is 28.0 Å². The van der Waals surface area contributed by atoms with E-state index in [0.29, 0.717) is 15.9 Å². The van der Waals surface area contributed by atoms with E-state index in [1.807, 2.05) is 48.7 Å². The van der Waals surface area contributed by atoms with Gasteiger partial charge in [-0.05, 0) is 59.6 Å². The van der Waals surface area contributed by atoms with Gasteiger partial charge in [0.1, 0.15) is 5.65 Å². The van der Waals surface area contributed by atoms with E-state index in [1.165, 1.54) is 6.20 Å². The zero-order valence-corrected chi connectivity index (χ0v) is 16.3. The molecular formula is C20H16BrFN4O. The number of fused-ring (bicyclic) bond motifs is 1. The smallest absolute Gasteiger partial charge is 0.227 e. The van der Waals surface area contributed by atoms with Crippen LogP contribution in [0.2, 0.25) is 0 Å². The van der Waals surface area contributed by atoms with Crippen LogP contribution >= 0.6 is 15.9 Å². The Hall–Kier alpha value is -2.80. The third-order valence-electron chi connectivity index (χ3n) is 4.06. The second-order valence-electron chi connectivity index (χ2n) is 6.30. The topological polar surface area (TPSA) is 52.3 Å². The van der Waals surface area contributed by atoms with Crippen molar-refractivity contribution >= 4 is 21.6 Å². The van der Waals surface area contributed by atoms with Gasteiger partial charge < -0.3 is 4.74 Å². The monoisotopic (exact) mass is 426 g/mol. The van der Waals surface area contributed by atoms with Crippen molar-refractivity contribution in [2.75, 3.05) is 0 Å². The molecule has 0 unspecified atom stereocenters. The summed E-state index contributed by atoms with van der Waals surface area (Å²) in [6.07, 6.45) is 6.94. The molecule has 136 valence electrons. The first-order chi connectivity index (χ1) is 13.0. The van der Waals surface area contributed by atoms with Gasteiger partial charge in [0.05, 0.1) is 22.5 Å². The molecule has 0 saturated heterocycles. The Morgan fingerprint density at radius 1 is 1.04 bits per heavy atom. The summed E-state index contributed by atoms with van der Waals surface area (Å²) in [7, 11) is 0. The Balaban J connectivity index is 1.71. The van der Waals surface area contributed by atoms with Crippen molar-refractivity contribution in [1.29, 1.82) is 0 Å². The fraction of sp³-hybridized carbons (Fsp3) is 0.150. The zero-order valence-electron chi connectivity index (χ0n) is 14.7. The third-order valence-corrected chi connectivity index (χ3v) is 4.82. The first-order valence-electron chi connectivity index (χ1n) is 8.43. The molecule has 7 heteroatoms. The highest BCUT2D eigenvalue weighted by Crippen LogP contribution is 2.31. The fourth-order valence-electron chi connectivity index (χ4n) is 2.84. The van der Waals surface area contributed by atoms with Crippen LogP contribution in [0.3, 0.4) is 0 Å². The number of hydrogen-bond acceptors (Lipinski definition) is 4. The Kier molecular flexibility index (Phi) is 4.61. The van der Waals surface area contributed by atoms with Crippen molar-refractivity contribution in [3.63, 3.8) is 0 Å². The van der Waals surface area contributed by atoms with Gasteiger partial charge in [0, 0.05) is 35.8 Å². The maximum Gasteiger partial charge on any atom is 0.227 e. The number of imidazole rings is 1. The molecule has 0 spiro atoms. The molecule has 4 aromatic heterocycles. The van der Waals surface area contributed by atoms with Gasteiger partial charge >= 0.3 is 0 Å². The van der Waals surface area contributed by atoms with Gasteiger partial charge in [0.25, 0.3) is 0 Å². The molecular weight excluding hydrogens is 411 g/mol. The first-order valence-corrected chi connectivity index (χ1v) is 9.23. The highest BCUT2D eigenvalue weighted by atomic mass is 79.9. The van der Waals surface area contributed by atoms with E-state index in [1.54, 1.807) is 18.5 Å². The molecule has 0 aliphatic heterocycles. The average Bonchev–Trinajstić information content (AvgIpc) is 3.07. The highest BCUT2D eigenvalue weighted by Gasteiger charge is 2.13. The lowest BCUT2D eigenvalue weighted by Crippen LogP contribution is -2.06. The Bertz CT molecular complexity index is 1110. The Morgan fingerprint density at radius 3 is 2.63 bits per heavy atom. The van der Waals surface area contributed by atoms with Crippen LogP contribution in [0.5, 0.6) is 5.88 Å². The molecule has 5 nitrogen and oxygen atoms in total. The molecule has 27 heavy (non-hydrogen) atoms. The summed E-state index contributed by atoms with van der Waals surface area (Å²) >= 11 is 3.26. The van der Waals surface area contributed by atoms with Crippen LogP contribution < -0.4 is 4.74 Å². The van der Waals surface area contributed by atoms with E-state index < -0.39 is 5.95 Å². The van der Waals surface area contributed by atoms with E-state index in [9.17, 15) is 4.39 Å². The Morgan fingerprint density at radius 2 is 1.89 bits per heavy atom. The van der Waals surface area contributed by atoms with Crippen molar-refractivity contribution in [2.45, 2.75) is 20.0 Å². The zero-order chi connectivity index (χ0) is 19.0. The molecule has 0 atom stereocenters. The maximum absolute atomic E-state index is 13.8. The van der Waals surface area contributed by atoms with Gasteiger partial charge in [-0.1, -0.05) is 0 Å². The normalized spacial score (nSPS) is 11.3. The predicted molar refractivity (Wildman–Crippen MR) is 105 cm³/mol. The second kappa shape index (κ2) is 7.08. The third kappa shape index (κ3) is 3.42. The van der Waals surface area contributed by atoms with Gasteiger partial charge in [-0.25, -0.2) is 15.0 Å². The van der Waals surface area contributed by atoms with Crippen molar-refractivity contribution < 1.29 is 9.13 Å². The van der Waals surface area contributed by atoms with Gasteiger partial charge in [-0.15, -0.1) is 0 Å². The summed E-state index contributed by atoms with van der Waals surface area (Å²) in [6, 6.07) is 9.52. The number of ether oxygens (including phenoxy) is 1. The van der Waals surface area contributed by atoms with E-state index in [2.05, 4.69) is 30.9 Å². The fourth-order valence-corrected chi connectivity index (χ4v) is 3.28. The molecule has 4 heterocycles. The Labute approximate surface area is 164 Å². The van der Waals surface area contributed by atoms with Crippen molar-refractivity contribution in [3.8, 4) is 28.3 Å². The molecule has 4 aromatic rings. The second-order valence-corrected chi connectivity index (χ2v) is 7.10. The number of aromatic nitrogens is 4. The number of pyridine rings is 3. The minimum absolute atomic E-state index is 0.0837. The molecule has 0 amide bonds. The van der Waals surface area contributed by atoms with Crippen LogP contribution in [0.1, 0.15) is 13.8 Å². The van der Waals surface area contributed by atoms with E-state index in [-0.39, 0.29) is 6.10 Å². The summed E-state index contributed by atoms with van der Waals surface area (Å²) in [5, 5.41) is 0. The number of nitrogens with zero attached hydrogens (tertiary/aromatic N) is 4. The summed E-state index contributed by atoms with van der Waals surface area (Å²) in [5.41, 5.74) is 4.19. The number of halogens is 2. The van der Waals surface area contributed by atoms with Crippen LogP contribution in [0, 0.1) is 5.95 Å². The standard InChI is InChI=1S/C20H16BrFN4O/c1-12(2)27-18-4-3-14(10-25-18)13-6-8-26-16(11-24-17(26)9-13)15-5-7-23-20(22)19(15)21/h3-12H,1-2H3. The lowest BCUT2D eigenvalue weighted by atomic mass is 10.1. The molecule has 0 bridgehead atoms. The first kappa shape index (κ1) is 17.6. The lowest BCUT2D eigenvalue weighted by molar-refractivity contribution is 0.232. The largest absolute Gasteiger partial charge is 0.475 e. The van der Waals surface area contributed by atoms with Crippen LogP contribution in [-0.2, 0) is 0 Å². The summed E-state index contributed by atoms with van der Waals surface area (Å²) in [4.78, 5) is 12.5. The molecule has 4 rings (SSSR count). The van der Waals surface area contributed by atoms with Gasteiger partial charge in [0.15, 0.2) is 0 Å². The van der Waals surface area contributed by atoms with Gasteiger partial charge in [0.2, 0.25) is 11.8 Å². The van der Waals surface area contributed by atoms with E-state index >= 15 is 0 Å². The van der Waals surface area contributed by atoms with E-state index in [4.69, 9.17) is 4.74 Å². The lowest BCUT2D eigenvalue weighted by Gasteiger charge is -2.09. The minimum Gasteiger partial charge on any atom is -0.475 e. The van der Waals surface area contributed by atoms with Gasteiger partial charge in [-0.2, -0.15) is 4.39 Å². The highest BCUT2D eigenvalue weighted by molar-refractivity contribution is 9.10. The van der Waals surface area contributed by atoms with Gasteiger partial charge in [-0.3, -0.25) is 4.40 Å². The maximum atomic E-state index is 13.8. The van der Waals surface area contributed by atoms with Crippen molar-refractivity contribution in [1.82, 2.24) is 19.4 Å². The molecule has 0 aliphatic rings. The summed E-state index contributed by atoms with van der Waals surface area (Å²) in [5.74, 6) is 0.0522. The molecule has 0 saturated carbocycles.